The van der Waals surface area contributed by atoms with E-state index in [1.165, 1.54) is 12.8 Å². The van der Waals surface area contributed by atoms with E-state index in [0.29, 0.717) is 23.6 Å². The third-order valence-electron chi connectivity index (χ3n) is 4.45. The molecule has 0 amide bonds. The van der Waals surface area contributed by atoms with Crippen LogP contribution in [0.25, 0.3) is 0 Å². The molecule has 2 aromatic rings. The lowest BCUT2D eigenvalue weighted by atomic mass is 10.00. The van der Waals surface area contributed by atoms with Crippen LogP contribution >= 0.6 is 0 Å². The molecule has 0 spiro atoms. The number of nitrogens with one attached hydrogen (secondary N) is 3. The summed E-state index contributed by atoms with van der Waals surface area (Å²) in [6.07, 6.45) is 6.56. The van der Waals surface area contributed by atoms with Gasteiger partial charge in [-0.05, 0) is 24.5 Å². The van der Waals surface area contributed by atoms with Crippen molar-refractivity contribution < 1.29 is 0 Å². The quantitative estimate of drug-likeness (QED) is 0.739. The number of nitrogens with zero attached hydrogens (tertiary/aromatic N) is 1. The topological polar surface area (TPSA) is 92.5 Å². The van der Waals surface area contributed by atoms with Gasteiger partial charge < -0.3 is 10.3 Å². The Balaban J connectivity index is 1.91. The molecule has 0 unspecified atom stereocenters. The van der Waals surface area contributed by atoms with Crippen molar-refractivity contribution in [2.75, 3.05) is 5.32 Å². The standard InChI is InChI=1S/C19H20N4O/c20-11-9-13-5-7-14(8-6-13)18(21)17-16(10-12-22-19(17)24)23-15-3-1-2-4-15/h5-8,10,12,15,21H,1-4,9H2,(H2,22,23,24). The highest BCUT2D eigenvalue weighted by Gasteiger charge is 2.19. The molecular weight excluding hydrogens is 300 g/mol. The zero-order valence-electron chi connectivity index (χ0n) is 13.4. The average molecular weight is 320 g/mol. The monoisotopic (exact) mass is 320 g/mol. The maximum atomic E-state index is 12.3. The number of H-pyrrole nitrogens is 1. The van der Waals surface area contributed by atoms with Gasteiger partial charge in [0.15, 0.2) is 0 Å². The second kappa shape index (κ2) is 7.14. The molecule has 0 bridgehead atoms. The van der Waals surface area contributed by atoms with Crippen LogP contribution in [-0.4, -0.2) is 16.7 Å². The van der Waals surface area contributed by atoms with Crippen molar-refractivity contribution in [2.24, 2.45) is 0 Å². The van der Waals surface area contributed by atoms with E-state index in [1.54, 1.807) is 18.3 Å². The maximum Gasteiger partial charge on any atom is 0.259 e. The second-order valence-electron chi connectivity index (χ2n) is 6.13. The zero-order valence-corrected chi connectivity index (χ0v) is 13.4. The number of pyridine rings is 1. The third-order valence-corrected chi connectivity index (χ3v) is 4.45. The van der Waals surface area contributed by atoms with Gasteiger partial charge in [-0.1, -0.05) is 37.1 Å². The molecule has 5 nitrogen and oxygen atoms in total. The van der Waals surface area contributed by atoms with E-state index in [1.807, 2.05) is 18.2 Å². The van der Waals surface area contributed by atoms with Gasteiger partial charge in [-0.3, -0.25) is 10.2 Å². The summed E-state index contributed by atoms with van der Waals surface area (Å²) in [5, 5.41) is 20.6. The summed E-state index contributed by atoms with van der Waals surface area (Å²) in [5.74, 6) is 0. The smallest absolute Gasteiger partial charge is 0.259 e. The van der Waals surface area contributed by atoms with Crippen LogP contribution in [0.5, 0.6) is 0 Å². The number of hydrogen-bond acceptors (Lipinski definition) is 4. The van der Waals surface area contributed by atoms with Gasteiger partial charge in [-0.25, -0.2) is 0 Å². The Hall–Kier alpha value is -2.87. The molecule has 5 heteroatoms. The lowest BCUT2D eigenvalue weighted by Crippen LogP contribution is -2.24. The summed E-state index contributed by atoms with van der Waals surface area (Å²) < 4.78 is 0. The number of rotatable bonds is 5. The van der Waals surface area contributed by atoms with Gasteiger partial charge in [0.25, 0.3) is 5.56 Å². The molecule has 0 aliphatic heterocycles. The van der Waals surface area contributed by atoms with E-state index in [9.17, 15) is 4.79 Å². The predicted molar refractivity (Wildman–Crippen MR) is 94.6 cm³/mol. The van der Waals surface area contributed by atoms with Gasteiger partial charge in [0.1, 0.15) is 0 Å². The fraction of sp³-hybridized carbons (Fsp3) is 0.316. The van der Waals surface area contributed by atoms with Gasteiger partial charge in [0.2, 0.25) is 0 Å². The molecular formula is C19H20N4O. The van der Waals surface area contributed by atoms with Crippen LogP contribution in [-0.2, 0) is 6.42 Å². The van der Waals surface area contributed by atoms with E-state index in [2.05, 4.69) is 16.4 Å². The Bertz CT molecular complexity index is 824. The molecule has 1 saturated carbocycles. The highest BCUT2D eigenvalue weighted by atomic mass is 16.1. The van der Waals surface area contributed by atoms with Crippen LogP contribution in [0.3, 0.4) is 0 Å². The fourth-order valence-electron chi connectivity index (χ4n) is 3.16. The zero-order chi connectivity index (χ0) is 16.9. The first kappa shape index (κ1) is 16.0. The number of benzene rings is 1. The maximum absolute atomic E-state index is 12.3. The predicted octanol–water partition coefficient (Wildman–Crippen LogP) is 3.21. The molecule has 0 radical (unpaired) electrons. The summed E-state index contributed by atoms with van der Waals surface area (Å²) in [6, 6.07) is 11.5. The summed E-state index contributed by atoms with van der Waals surface area (Å²) in [7, 11) is 0. The number of anilines is 1. The van der Waals surface area contributed by atoms with Crippen LogP contribution in [0.4, 0.5) is 5.69 Å². The first-order valence-electron chi connectivity index (χ1n) is 8.22. The summed E-state index contributed by atoms with van der Waals surface area (Å²) >= 11 is 0. The molecule has 1 fully saturated rings. The van der Waals surface area contributed by atoms with Crippen molar-refractivity contribution in [1.29, 1.82) is 10.7 Å². The number of aromatic amines is 1. The van der Waals surface area contributed by atoms with E-state index < -0.39 is 0 Å². The average Bonchev–Trinajstić information content (AvgIpc) is 3.09. The second-order valence-corrected chi connectivity index (χ2v) is 6.13. The van der Waals surface area contributed by atoms with Crippen LogP contribution in [0.15, 0.2) is 41.3 Å². The Morgan fingerprint density at radius 3 is 2.62 bits per heavy atom. The number of nitriles is 1. The van der Waals surface area contributed by atoms with E-state index in [0.717, 1.165) is 24.1 Å². The van der Waals surface area contributed by atoms with Gasteiger partial charge in [-0.15, -0.1) is 0 Å². The third kappa shape index (κ3) is 3.38. The van der Waals surface area contributed by atoms with Crippen molar-refractivity contribution >= 4 is 11.4 Å². The largest absolute Gasteiger partial charge is 0.382 e. The van der Waals surface area contributed by atoms with Crippen molar-refractivity contribution in [3.63, 3.8) is 0 Å². The Morgan fingerprint density at radius 1 is 1.25 bits per heavy atom. The van der Waals surface area contributed by atoms with Crippen molar-refractivity contribution in [3.8, 4) is 6.07 Å². The molecule has 0 saturated heterocycles. The molecule has 0 atom stereocenters. The molecule has 24 heavy (non-hydrogen) atoms. The molecule has 1 aliphatic carbocycles. The molecule has 3 N–H and O–H groups in total. The van der Waals surface area contributed by atoms with Crippen molar-refractivity contribution in [1.82, 2.24) is 4.98 Å². The molecule has 1 aliphatic rings. The van der Waals surface area contributed by atoms with Crippen LogP contribution < -0.4 is 10.9 Å². The normalized spacial score (nSPS) is 14.3. The number of hydrogen-bond donors (Lipinski definition) is 3. The molecule has 122 valence electrons. The summed E-state index contributed by atoms with van der Waals surface area (Å²) in [6.45, 7) is 0. The van der Waals surface area contributed by atoms with E-state index in [4.69, 9.17) is 10.7 Å². The van der Waals surface area contributed by atoms with Crippen LogP contribution in [0.1, 0.15) is 42.4 Å². The minimum atomic E-state index is -0.260. The van der Waals surface area contributed by atoms with Crippen molar-refractivity contribution in [2.45, 2.75) is 38.1 Å². The summed E-state index contributed by atoms with van der Waals surface area (Å²) in [4.78, 5) is 15.0. The molecule has 3 rings (SSSR count). The van der Waals surface area contributed by atoms with Crippen LogP contribution in [0, 0.1) is 16.7 Å². The Morgan fingerprint density at radius 2 is 1.96 bits per heavy atom. The fourth-order valence-corrected chi connectivity index (χ4v) is 3.16. The molecule has 1 aromatic heterocycles. The lowest BCUT2D eigenvalue weighted by molar-refractivity contribution is 0.754. The number of aromatic nitrogens is 1. The van der Waals surface area contributed by atoms with Crippen LogP contribution in [0.2, 0.25) is 0 Å². The van der Waals surface area contributed by atoms with E-state index in [-0.39, 0.29) is 11.3 Å². The lowest BCUT2D eigenvalue weighted by Gasteiger charge is -2.17. The first-order valence-corrected chi connectivity index (χ1v) is 8.22. The molecule has 1 aromatic carbocycles. The Labute approximate surface area is 140 Å². The SMILES string of the molecule is N#CCc1ccc(C(=N)c2c(NC3CCCC3)cc[nH]c2=O)cc1. The minimum Gasteiger partial charge on any atom is -0.382 e. The Kier molecular flexibility index (Phi) is 4.76. The first-order chi connectivity index (χ1) is 11.7. The highest BCUT2D eigenvalue weighted by Crippen LogP contribution is 2.24. The van der Waals surface area contributed by atoms with Gasteiger partial charge >= 0.3 is 0 Å². The van der Waals surface area contributed by atoms with Crippen molar-refractivity contribution in [3.05, 3.63) is 63.6 Å². The van der Waals surface area contributed by atoms with Gasteiger partial charge in [0.05, 0.1) is 29.5 Å². The van der Waals surface area contributed by atoms with E-state index >= 15 is 0 Å². The van der Waals surface area contributed by atoms with Gasteiger partial charge in [0, 0.05) is 17.8 Å². The summed E-state index contributed by atoms with van der Waals surface area (Å²) in [5.41, 5.74) is 2.60. The minimum absolute atomic E-state index is 0.195. The van der Waals surface area contributed by atoms with Gasteiger partial charge in [-0.2, -0.15) is 5.26 Å². The molecule has 1 heterocycles. The highest BCUT2D eigenvalue weighted by molar-refractivity contribution is 6.13.